The average molecular weight is 293 g/mol. The molecule has 1 heterocycles. The molecule has 8 heteroatoms. The Morgan fingerprint density at radius 2 is 1.78 bits per heavy atom. The quantitative estimate of drug-likeness (QED) is 0.819. The predicted octanol–water partition coefficient (Wildman–Crippen LogP) is 2.11. The zero-order valence-electron chi connectivity index (χ0n) is 8.51. The van der Waals surface area contributed by atoms with E-state index in [1.807, 2.05) is 4.98 Å². The number of hydrogen-bond acceptors (Lipinski definition) is 2. The number of aromatic nitrogens is 2. The molecule has 2 rings (SSSR count). The lowest BCUT2D eigenvalue weighted by Gasteiger charge is -2.07. The van der Waals surface area contributed by atoms with Gasteiger partial charge in [-0.05, 0) is 12.1 Å². The molecule has 4 nitrogen and oxygen atoms in total. The molecule has 94 valence electrons. The van der Waals surface area contributed by atoms with Crippen molar-refractivity contribution in [1.29, 1.82) is 0 Å². The van der Waals surface area contributed by atoms with Crippen molar-refractivity contribution in [2.75, 3.05) is 0 Å². The van der Waals surface area contributed by atoms with Crippen molar-refractivity contribution in [1.82, 2.24) is 9.55 Å². The third-order valence-corrected chi connectivity index (χ3v) is 2.73. The fraction of sp³-hybridized carbons (Fsp3) is 0. The lowest BCUT2D eigenvalue weighted by molar-refractivity contribution is 0.572. The molecule has 0 bridgehead atoms. The number of aromatic amines is 1. The van der Waals surface area contributed by atoms with Crippen LogP contribution in [-0.4, -0.2) is 9.55 Å². The number of hydrogen-bond donors (Lipinski definition) is 1. The molecule has 0 unspecified atom stereocenters. The lowest BCUT2D eigenvalue weighted by atomic mass is 10.3. The van der Waals surface area contributed by atoms with Gasteiger partial charge in [-0.2, -0.15) is 4.39 Å². The van der Waals surface area contributed by atoms with Crippen LogP contribution in [0.5, 0.6) is 0 Å². The van der Waals surface area contributed by atoms with Gasteiger partial charge in [-0.15, -0.1) is 0 Å². The molecule has 0 aliphatic rings. The Hall–Kier alpha value is -1.66. The number of halogens is 4. The predicted molar refractivity (Wildman–Crippen MR) is 62.6 cm³/mol. The molecule has 1 N–H and O–H groups in total. The van der Waals surface area contributed by atoms with E-state index in [4.69, 9.17) is 23.2 Å². The molecule has 0 aliphatic carbocycles. The van der Waals surface area contributed by atoms with E-state index in [-0.39, 0.29) is 9.59 Å². The Morgan fingerprint density at radius 3 is 2.44 bits per heavy atom. The zero-order valence-corrected chi connectivity index (χ0v) is 10.0. The normalized spacial score (nSPS) is 10.7. The minimum Gasteiger partial charge on any atom is -0.295 e. The molecule has 0 fully saturated rings. The minimum absolute atomic E-state index is 0.280. The molecular weight excluding hydrogens is 289 g/mol. The smallest absolute Gasteiger partial charge is 0.295 e. The first-order valence-corrected chi connectivity index (χ1v) is 5.33. The molecular formula is C10H4Cl2F2N2O2. The van der Waals surface area contributed by atoms with E-state index in [2.05, 4.69) is 0 Å². The largest absolute Gasteiger partial charge is 0.334 e. The fourth-order valence-electron chi connectivity index (χ4n) is 1.37. The Labute approximate surface area is 108 Å². The van der Waals surface area contributed by atoms with Crippen LogP contribution in [0.4, 0.5) is 8.78 Å². The summed E-state index contributed by atoms with van der Waals surface area (Å²) >= 11 is 10.8. The van der Waals surface area contributed by atoms with Crippen LogP contribution in [-0.2, 0) is 0 Å². The summed E-state index contributed by atoms with van der Waals surface area (Å²) in [6.07, 6.45) is 0. The summed E-state index contributed by atoms with van der Waals surface area (Å²) in [4.78, 5) is 25.0. The number of rotatable bonds is 1. The molecule has 0 saturated carbocycles. The van der Waals surface area contributed by atoms with Crippen LogP contribution in [0, 0.1) is 11.6 Å². The van der Waals surface area contributed by atoms with Gasteiger partial charge in [0.25, 0.3) is 5.56 Å². The first-order chi connectivity index (χ1) is 8.43. The second-order valence-electron chi connectivity index (χ2n) is 3.27. The highest BCUT2D eigenvalue weighted by atomic mass is 35.5. The van der Waals surface area contributed by atoms with Crippen LogP contribution >= 0.6 is 23.2 Å². The molecule has 1 aromatic carbocycles. The summed E-state index contributed by atoms with van der Waals surface area (Å²) < 4.78 is 27.3. The molecule has 2 aromatic rings. The summed E-state index contributed by atoms with van der Waals surface area (Å²) in [6.45, 7) is 0. The van der Waals surface area contributed by atoms with Crippen molar-refractivity contribution in [3.8, 4) is 5.69 Å². The standard InChI is InChI=1S/C10H4Cl2F2N2O2/c11-4-2-1-3-5(6(4)13)16-9(17)7(14)8(12)15-10(16)18/h1-3H,(H,15,18). The Morgan fingerprint density at radius 1 is 1.11 bits per heavy atom. The van der Waals surface area contributed by atoms with Crippen molar-refractivity contribution in [3.63, 3.8) is 0 Å². The van der Waals surface area contributed by atoms with Crippen LogP contribution in [0.15, 0.2) is 27.8 Å². The fourth-order valence-corrected chi connectivity index (χ4v) is 1.70. The van der Waals surface area contributed by atoms with Crippen LogP contribution in [0.1, 0.15) is 0 Å². The molecule has 1 aromatic heterocycles. The highest BCUT2D eigenvalue weighted by Gasteiger charge is 2.17. The van der Waals surface area contributed by atoms with E-state index in [0.29, 0.717) is 0 Å². The highest BCUT2D eigenvalue weighted by Crippen LogP contribution is 2.19. The van der Waals surface area contributed by atoms with Crippen LogP contribution in [0.2, 0.25) is 10.2 Å². The van der Waals surface area contributed by atoms with Gasteiger partial charge < -0.3 is 0 Å². The maximum absolute atomic E-state index is 13.7. The van der Waals surface area contributed by atoms with Crippen LogP contribution < -0.4 is 11.2 Å². The topological polar surface area (TPSA) is 54.9 Å². The summed E-state index contributed by atoms with van der Waals surface area (Å²) in [7, 11) is 0. The van der Waals surface area contributed by atoms with Gasteiger partial charge >= 0.3 is 5.69 Å². The van der Waals surface area contributed by atoms with Gasteiger partial charge in [0.2, 0.25) is 5.82 Å². The van der Waals surface area contributed by atoms with E-state index < -0.39 is 33.7 Å². The third-order valence-electron chi connectivity index (χ3n) is 2.18. The summed E-state index contributed by atoms with van der Waals surface area (Å²) in [5, 5.41) is -1.03. The second kappa shape index (κ2) is 4.55. The van der Waals surface area contributed by atoms with Crippen molar-refractivity contribution in [3.05, 3.63) is 60.8 Å². The van der Waals surface area contributed by atoms with Gasteiger partial charge in [-0.25, -0.2) is 13.8 Å². The van der Waals surface area contributed by atoms with E-state index in [1.165, 1.54) is 12.1 Å². The second-order valence-corrected chi connectivity index (χ2v) is 4.06. The molecule has 0 amide bonds. The van der Waals surface area contributed by atoms with E-state index in [1.54, 1.807) is 0 Å². The summed E-state index contributed by atoms with van der Waals surface area (Å²) in [5.41, 5.74) is -2.87. The molecule has 0 atom stereocenters. The molecule has 0 aliphatic heterocycles. The first kappa shape index (κ1) is 12.8. The van der Waals surface area contributed by atoms with Gasteiger partial charge in [0.15, 0.2) is 11.0 Å². The maximum atomic E-state index is 13.7. The third kappa shape index (κ3) is 1.93. The monoisotopic (exact) mass is 292 g/mol. The number of nitrogens with zero attached hydrogens (tertiary/aromatic N) is 1. The Bertz CT molecular complexity index is 740. The molecule has 0 radical (unpaired) electrons. The summed E-state index contributed by atoms with van der Waals surface area (Å²) in [6, 6.07) is 3.66. The van der Waals surface area contributed by atoms with Crippen molar-refractivity contribution in [2.24, 2.45) is 0 Å². The van der Waals surface area contributed by atoms with Crippen molar-refractivity contribution < 1.29 is 8.78 Å². The first-order valence-electron chi connectivity index (χ1n) is 4.58. The maximum Gasteiger partial charge on any atom is 0.334 e. The lowest BCUT2D eigenvalue weighted by Crippen LogP contribution is -2.36. The number of benzene rings is 1. The SMILES string of the molecule is O=c1[nH]c(Cl)c(F)c(=O)n1-c1cccc(Cl)c1F. The average Bonchev–Trinajstić information content (AvgIpc) is 2.32. The van der Waals surface area contributed by atoms with E-state index in [9.17, 15) is 18.4 Å². The molecule has 18 heavy (non-hydrogen) atoms. The van der Waals surface area contributed by atoms with Gasteiger partial charge in [-0.1, -0.05) is 29.3 Å². The van der Waals surface area contributed by atoms with Crippen molar-refractivity contribution >= 4 is 23.2 Å². The van der Waals surface area contributed by atoms with Crippen LogP contribution in [0.25, 0.3) is 5.69 Å². The van der Waals surface area contributed by atoms with Crippen molar-refractivity contribution in [2.45, 2.75) is 0 Å². The number of H-pyrrole nitrogens is 1. The van der Waals surface area contributed by atoms with Gasteiger partial charge in [0.1, 0.15) is 0 Å². The Kier molecular flexibility index (Phi) is 3.23. The molecule has 0 saturated heterocycles. The zero-order chi connectivity index (χ0) is 13.4. The molecule has 0 spiro atoms. The van der Waals surface area contributed by atoms with E-state index in [0.717, 1.165) is 6.07 Å². The minimum atomic E-state index is -1.38. The summed E-state index contributed by atoms with van der Waals surface area (Å²) in [5.74, 6) is -2.39. The van der Waals surface area contributed by atoms with E-state index >= 15 is 0 Å². The number of nitrogens with one attached hydrogen (secondary N) is 1. The van der Waals surface area contributed by atoms with Gasteiger partial charge in [0.05, 0.1) is 10.7 Å². The van der Waals surface area contributed by atoms with Gasteiger partial charge in [0, 0.05) is 0 Å². The highest BCUT2D eigenvalue weighted by molar-refractivity contribution is 6.31. The Balaban J connectivity index is 2.89. The van der Waals surface area contributed by atoms with Gasteiger partial charge in [-0.3, -0.25) is 9.78 Å². The van der Waals surface area contributed by atoms with Crippen LogP contribution in [0.3, 0.4) is 0 Å².